The summed E-state index contributed by atoms with van der Waals surface area (Å²) in [5.41, 5.74) is 3.70. The maximum Gasteiger partial charge on any atom is 0.0841 e. The highest BCUT2D eigenvalue weighted by Gasteiger charge is 2.15. The molecule has 0 bridgehead atoms. The van der Waals surface area contributed by atoms with Gasteiger partial charge in [-0.1, -0.05) is 11.6 Å². The van der Waals surface area contributed by atoms with E-state index in [1.807, 2.05) is 11.7 Å². The Labute approximate surface area is 118 Å². The molecule has 1 fully saturated rings. The van der Waals surface area contributed by atoms with Gasteiger partial charge in [-0.2, -0.15) is 16.9 Å². The Morgan fingerprint density at radius 3 is 3.16 bits per heavy atom. The van der Waals surface area contributed by atoms with E-state index in [9.17, 15) is 0 Å². The van der Waals surface area contributed by atoms with Gasteiger partial charge in [0.05, 0.1) is 11.2 Å². The quantitative estimate of drug-likeness (QED) is 0.934. The highest BCUT2D eigenvalue weighted by molar-refractivity contribution is 7.99. The standard InChI is InChI=1S/C15H21N3S/c1-11-5-6-15-13(8-11)14(17-18(15)2)9-16-12-4-3-7-19-10-12/h5-6,8,12,16H,3-4,7,9-10H2,1-2H3. The summed E-state index contributed by atoms with van der Waals surface area (Å²) in [6.45, 7) is 3.02. The predicted molar refractivity (Wildman–Crippen MR) is 82.6 cm³/mol. The fourth-order valence-corrected chi connectivity index (χ4v) is 3.83. The molecule has 0 spiro atoms. The molecule has 1 saturated heterocycles. The smallest absolute Gasteiger partial charge is 0.0841 e. The lowest BCUT2D eigenvalue weighted by molar-refractivity contribution is 0.502. The van der Waals surface area contributed by atoms with Crippen molar-refractivity contribution in [3.05, 3.63) is 29.5 Å². The first kappa shape index (κ1) is 13.0. The van der Waals surface area contributed by atoms with E-state index in [0.29, 0.717) is 6.04 Å². The van der Waals surface area contributed by atoms with Crippen LogP contribution in [0.25, 0.3) is 10.9 Å². The lowest BCUT2D eigenvalue weighted by Crippen LogP contribution is -2.33. The zero-order valence-corrected chi connectivity index (χ0v) is 12.5. The average molecular weight is 275 g/mol. The van der Waals surface area contributed by atoms with Crippen molar-refractivity contribution in [3.8, 4) is 0 Å². The second-order valence-corrected chi connectivity index (χ2v) is 6.54. The second kappa shape index (κ2) is 5.55. The first-order chi connectivity index (χ1) is 9.24. The highest BCUT2D eigenvalue weighted by atomic mass is 32.2. The number of benzene rings is 1. The molecular formula is C15H21N3S. The van der Waals surface area contributed by atoms with Crippen LogP contribution in [-0.4, -0.2) is 27.3 Å². The van der Waals surface area contributed by atoms with Crippen LogP contribution in [-0.2, 0) is 13.6 Å². The number of thioether (sulfide) groups is 1. The van der Waals surface area contributed by atoms with Gasteiger partial charge >= 0.3 is 0 Å². The van der Waals surface area contributed by atoms with Gasteiger partial charge < -0.3 is 5.32 Å². The van der Waals surface area contributed by atoms with E-state index in [4.69, 9.17) is 0 Å². The molecule has 0 radical (unpaired) electrons. The van der Waals surface area contributed by atoms with Crippen LogP contribution >= 0.6 is 11.8 Å². The van der Waals surface area contributed by atoms with E-state index in [-0.39, 0.29) is 0 Å². The molecule has 1 aromatic heterocycles. The van der Waals surface area contributed by atoms with Crippen molar-refractivity contribution in [1.29, 1.82) is 0 Å². The van der Waals surface area contributed by atoms with Crippen molar-refractivity contribution in [2.45, 2.75) is 32.4 Å². The summed E-state index contributed by atoms with van der Waals surface area (Å²) < 4.78 is 1.99. The Hall–Kier alpha value is -1.00. The maximum absolute atomic E-state index is 4.66. The van der Waals surface area contributed by atoms with Crippen molar-refractivity contribution in [1.82, 2.24) is 15.1 Å². The summed E-state index contributed by atoms with van der Waals surface area (Å²) in [4.78, 5) is 0. The summed E-state index contributed by atoms with van der Waals surface area (Å²) in [6, 6.07) is 7.21. The largest absolute Gasteiger partial charge is 0.307 e. The summed E-state index contributed by atoms with van der Waals surface area (Å²) >= 11 is 2.06. The summed E-state index contributed by atoms with van der Waals surface area (Å²) in [7, 11) is 2.03. The second-order valence-electron chi connectivity index (χ2n) is 5.39. The van der Waals surface area contributed by atoms with Crippen molar-refractivity contribution in [2.24, 2.45) is 7.05 Å². The molecule has 1 aromatic carbocycles. The van der Waals surface area contributed by atoms with E-state index in [1.54, 1.807) is 0 Å². The maximum atomic E-state index is 4.66. The van der Waals surface area contributed by atoms with Gasteiger partial charge in [0.2, 0.25) is 0 Å². The summed E-state index contributed by atoms with van der Waals surface area (Å²) in [6.07, 6.45) is 2.64. The van der Waals surface area contributed by atoms with Crippen LogP contribution in [0.5, 0.6) is 0 Å². The number of fused-ring (bicyclic) bond motifs is 1. The minimum absolute atomic E-state index is 0.653. The van der Waals surface area contributed by atoms with Crippen molar-refractivity contribution < 1.29 is 0 Å². The molecule has 1 N–H and O–H groups in total. The molecule has 4 heteroatoms. The fourth-order valence-electron chi connectivity index (χ4n) is 2.73. The van der Waals surface area contributed by atoms with Crippen molar-refractivity contribution >= 4 is 22.7 Å². The van der Waals surface area contributed by atoms with Crippen LogP contribution in [0.1, 0.15) is 24.1 Å². The van der Waals surface area contributed by atoms with Crippen LogP contribution in [0, 0.1) is 6.92 Å². The molecule has 0 saturated carbocycles. The Morgan fingerprint density at radius 2 is 2.37 bits per heavy atom. The molecule has 1 atom stereocenters. The normalized spacial score (nSPS) is 20.0. The van der Waals surface area contributed by atoms with Gasteiger partial charge in [-0.3, -0.25) is 4.68 Å². The summed E-state index contributed by atoms with van der Waals surface area (Å²) in [5.74, 6) is 2.56. The van der Waals surface area contributed by atoms with Crippen LogP contribution in [0.4, 0.5) is 0 Å². The van der Waals surface area contributed by atoms with Crippen LogP contribution in [0.15, 0.2) is 18.2 Å². The van der Waals surface area contributed by atoms with Crippen LogP contribution in [0.2, 0.25) is 0 Å². The van der Waals surface area contributed by atoms with Gasteiger partial charge in [-0.05, 0) is 37.7 Å². The number of nitrogens with one attached hydrogen (secondary N) is 1. The third kappa shape index (κ3) is 2.79. The lowest BCUT2D eigenvalue weighted by atomic mass is 10.1. The van der Waals surface area contributed by atoms with Gasteiger partial charge in [-0.15, -0.1) is 0 Å². The first-order valence-corrected chi connectivity index (χ1v) is 8.13. The Morgan fingerprint density at radius 1 is 1.47 bits per heavy atom. The summed E-state index contributed by atoms with van der Waals surface area (Å²) in [5, 5.41) is 9.62. The predicted octanol–water partition coefficient (Wildman–Crippen LogP) is 2.87. The molecule has 19 heavy (non-hydrogen) atoms. The zero-order valence-electron chi connectivity index (χ0n) is 11.6. The minimum Gasteiger partial charge on any atom is -0.307 e. The Balaban J connectivity index is 1.78. The van der Waals surface area contributed by atoms with Crippen LogP contribution < -0.4 is 5.32 Å². The van der Waals surface area contributed by atoms with Gasteiger partial charge in [0.25, 0.3) is 0 Å². The third-order valence-electron chi connectivity index (χ3n) is 3.80. The zero-order chi connectivity index (χ0) is 13.2. The molecule has 0 amide bonds. The van der Waals surface area contributed by atoms with Gasteiger partial charge in [0, 0.05) is 30.8 Å². The SMILES string of the molecule is Cc1ccc2c(c1)c(CNC1CCCSC1)nn2C. The Kier molecular flexibility index (Phi) is 3.80. The number of hydrogen-bond donors (Lipinski definition) is 1. The number of aromatic nitrogens is 2. The van der Waals surface area contributed by atoms with E-state index in [1.165, 1.54) is 46.5 Å². The first-order valence-electron chi connectivity index (χ1n) is 6.97. The van der Waals surface area contributed by atoms with Crippen molar-refractivity contribution in [2.75, 3.05) is 11.5 Å². The molecule has 2 heterocycles. The molecular weight excluding hydrogens is 254 g/mol. The molecule has 102 valence electrons. The number of rotatable bonds is 3. The van der Waals surface area contributed by atoms with Crippen molar-refractivity contribution in [3.63, 3.8) is 0 Å². The van der Waals surface area contributed by atoms with Crippen LogP contribution in [0.3, 0.4) is 0 Å². The molecule has 2 aromatic rings. The topological polar surface area (TPSA) is 29.9 Å². The van der Waals surface area contributed by atoms with E-state index in [0.717, 1.165) is 6.54 Å². The number of hydrogen-bond acceptors (Lipinski definition) is 3. The molecule has 1 unspecified atom stereocenters. The molecule has 0 aliphatic carbocycles. The lowest BCUT2D eigenvalue weighted by Gasteiger charge is -2.22. The highest BCUT2D eigenvalue weighted by Crippen LogP contribution is 2.21. The minimum atomic E-state index is 0.653. The molecule has 1 aliphatic rings. The van der Waals surface area contributed by atoms with Gasteiger partial charge in [-0.25, -0.2) is 0 Å². The van der Waals surface area contributed by atoms with Gasteiger partial charge in [0.1, 0.15) is 0 Å². The van der Waals surface area contributed by atoms with E-state index < -0.39 is 0 Å². The van der Waals surface area contributed by atoms with E-state index >= 15 is 0 Å². The molecule has 3 nitrogen and oxygen atoms in total. The number of aryl methyl sites for hydroxylation is 2. The Bertz CT molecular complexity index is 570. The monoisotopic (exact) mass is 275 g/mol. The van der Waals surface area contributed by atoms with Gasteiger partial charge in [0.15, 0.2) is 0 Å². The third-order valence-corrected chi connectivity index (χ3v) is 5.02. The average Bonchev–Trinajstić information content (AvgIpc) is 2.74. The van der Waals surface area contributed by atoms with E-state index in [2.05, 4.69) is 47.3 Å². The molecule has 3 rings (SSSR count). The number of nitrogens with zero attached hydrogens (tertiary/aromatic N) is 2. The fraction of sp³-hybridized carbons (Fsp3) is 0.533. The molecule has 1 aliphatic heterocycles.